The quantitative estimate of drug-likeness (QED) is 0.232. The summed E-state index contributed by atoms with van der Waals surface area (Å²) in [5.41, 5.74) is 13.5. The Morgan fingerprint density at radius 2 is 1.16 bits per heavy atom. The lowest BCUT2D eigenvalue weighted by Crippen LogP contribution is -2.24. The van der Waals surface area contributed by atoms with Crippen LogP contribution >= 0.6 is 0 Å². The van der Waals surface area contributed by atoms with E-state index in [-0.39, 0.29) is 10.8 Å². The van der Waals surface area contributed by atoms with Crippen LogP contribution < -0.4 is 0 Å². The number of nitrogens with zero attached hydrogens (tertiary/aromatic N) is 2. The van der Waals surface area contributed by atoms with Crippen molar-refractivity contribution in [1.82, 2.24) is 9.55 Å². The highest BCUT2D eigenvalue weighted by Gasteiger charge is 2.48. The van der Waals surface area contributed by atoms with Gasteiger partial charge in [-0.25, -0.2) is 4.98 Å². The molecule has 0 saturated carbocycles. The fraction of sp³-hybridized carbons (Fsp3) is 0.171. The zero-order valence-corrected chi connectivity index (χ0v) is 21.6. The van der Waals surface area contributed by atoms with E-state index in [0.717, 1.165) is 5.82 Å². The van der Waals surface area contributed by atoms with Crippen LogP contribution in [0.2, 0.25) is 0 Å². The molecular weight excluding hydrogens is 448 g/mol. The maximum atomic E-state index is 4.87. The molecule has 178 valence electrons. The van der Waals surface area contributed by atoms with E-state index in [1.807, 2.05) is 12.3 Å². The summed E-state index contributed by atoms with van der Waals surface area (Å²) in [7, 11) is 0. The highest BCUT2D eigenvalue weighted by molar-refractivity contribution is 6.23. The Hall–Kier alpha value is -4.17. The van der Waals surface area contributed by atoms with Crippen LogP contribution in [0.3, 0.4) is 0 Å². The van der Waals surface area contributed by atoms with Gasteiger partial charge in [0.15, 0.2) is 0 Å². The van der Waals surface area contributed by atoms with E-state index in [4.69, 9.17) is 4.98 Å². The fourth-order valence-electron chi connectivity index (χ4n) is 7.49. The number of pyridine rings is 1. The molecule has 0 aliphatic heterocycles. The lowest BCUT2D eigenvalue weighted by molar-refractivity contribution is 0.602. The molecule has 0 unspecified atom stereocenters. The van der Waals surface area contributed by atoms with Gasteiger partial charge in [0.1, 0.15) is 5.82 Å². The van der Waals surface area contributed by atoms with E-state index < -0.39 is 0 Å². The van der Waals surface area contributed by atoms with Crippen molar-refractivity contribution in [3.63, 3.8) is 0 Å². The minimum atomic E-state index is -0.116. The number of aromatic nitrogens is 2. The van der Waals surface area contributed by atoms with E-state index >= 15 is 0 Å². The molecule has 37 heavy (non-hydrogen) atoms. The first kappa shape index (κ1) is 21.0. The monoisotopic (exact) mass is 476 g/mol. The van der Waals surface area contributed by atoms with Crippen molar-refractivity contribution in [3.8, 4) is 28.1 Å². The van der Waals surface area contributed by atoms with Crippen molar-refractivity contribution in [2.24, 2.45) is 0 Å². The van der Waals surface area contributed by atoms with Gasteiger partial charge < -0.3 is 0 Å². The zero-order valence-electron chi connectivity index (χ0n) is 21.6. The number of benzene rings is 4. The Morgan fingerprint density at radius 3 is 1.84 bits per heavy atom. The van der Waals surface area contributed by atoms with Gasteiger partial charge in [0.25, 0.3) is 0 Å². The minimum absolute atomic E-state index is 0.0995. The molecule has 0 spiro atoms. The zero-order chi connectivity index (χ0) is 25.1. The van der Waals surface area contributed by atoms with Gasteiger partial charge in [0, 0.05) is 33.4 Å². The Balaban J connectivity index is 1.73. The van der Waals surface area contributed by atoms with Gasteiger partial charge >= 0.3 is 0 Å². The van der Waals surface area contributed by atoms with Crippen LogP contribution in [0.1, 0.15) is 49.9 Å². The number of hydrogen-bond acceptors (Lipinski definition) is 1. The van der Waals surface area contributed by atoms with E-state index in [2.05, 4.69) is 117 Å². The third-order valence-corrected chi connectivity index (χ3v) is 8.98. The van der Waals surface area contributed by atoms with Crippen molar-refractivity contribution < 1.29 is 0 Å². The first-order chi connectivity index (χ1) is 17.9. The highest BCUT2D eigenvalue weighted by atomic mass is 15.1. The second kappa shape index (κ2) is 6.77. The maximum absolute atomic E-state index is 4.87. The Morgan fingerprint density at radius 1 is 0.595 bits per heavy atom. The van der Waals surface area contributed by atoms with Crippen molar-refractivity contribution >= 4 is 21.8 Å². The third kappa shape index (κ3) is 2.39. The molecule has 0 bridgehead atoms. The van der Waals surface area contributed by atoms with Gasteiger partial charge in [-0.05, 0) is 57.1 Å². The van der Waals surface area contributed by atoms with E-state index in [0.29, 0.717) is 0 Å². The minimum Gasteiger partial charge on any atom is -0.293 e. The molecule has 6 aromatic rings. The summed E-state index contributed by atoms with van der Waals surface area (Å²) in [5.74, 6) is 0.962. The molecule has 2 heterocycles. The summed E-state index contributed by atoms with van der Waals surface area (Å²) in [4.78, 5) is 4.87. The van der Waals surface area contributed by atoms with Gasteiger partial charge in [-0.3, -0.25) is 4.57 Å². The van der Waals surface area contributed by atoms with E-state index in [9.17, 15) is 0 Å². The topological polar surface area (TPSA) is 17.8 Å². The average Bonchev–Trinajstić information content (AvgIpc) is 3.47. The van der Waals surface area contributed by atoms with Crippen molar-refractivity contribution in [1.29, 1.82) is 0 Å². The molecule has 0 radical (unpaired) electrons. The molecule has 2 nitrogen and oxygen atoms in total. The van der Waals surface area contributed by atoms with Crippen LogP contribution in [-0.2, 0) is 10.8 Å². The van der Waals surface area contributed by atoms with Crippen LogP contribution in [0.25, 0.3) is 49.9 Å². The van der Waals surface area contributed by atoms with Crippen LogP contribution in [0.15, 0.2) is 97.2 Å². The molecule has 8 rings (SSSR count). The lowest BCUT2D eigenvalue weighted by atomic mass is 9.72. The van der Waals surface area contributed by atoms with Gasteiger partial charge in [-0.2, -0.15) is 0 Å². The summed E-state index contributed by atoms with van der Waals surface area (Å²) in [5, 5.41) is 2.64. The maximum Gasteiger partial charge on any atom is 0.137 e. The second-order valence-corrected chi connectivity index (χ2v) is 11.6. The predicted octanol–water partition coefficient (Wildman–Crippen LogP) is 8.79. The van der Waals surface area contributed by atoms with Crippen LogP contribution in [-0.4, -0.2) is 9.55 Å². The smallest absolute Gasteiger partial charge is 0.137 e. The lowest BCUT2D eigenvalue weighted by Gasteiger charge is -2.31. The van der Waals surface area contributed by atoms with E-state index in [1.165, 1.54) is 66.3 Å². The molecule has 4 aromatic carbocycles. The number of para-hydroxylation sites is 1. The van der Waals surface area contributed by atoms with Crippen LogP contribution in [0.5, 0.6) is 0 Å². The van der Waals surface area contributed by atoms with E-state index in [1.54, 1.807) is 0 Å². The summed E-state index contributed by atoms with van der Waals surface area (Å²) in [6, 6.07) is 33.2. The van der Waals surface area contributed by atoms with Crippen LogP contribution in [0.4, 0.5) is 0 Å². The fourth-order valence-corrected chi connectivity index (χ4v) is 7.49. The Bertz CT molecular complexity index is 1920. The van der Waals surface area contributed by atoms with Gasteiger partial charge in [-0.1, -0.05) is 100 Å². The average molecular weight is 477 g/mol. The van der Waals surface area contributed by atoms with Crippen molar-refractivity contribution in [2.45, 2.75) is 38.5 Å². The second-order valence-electron chi connectivity index (χ2n) is 11.6. The summed E-state index contributed by atoms with van der Waals surface area (Å²) in [6.07, 6.45) is 1.90. The van der Waals surface area contributed by atoms with Crippen molar-refractivity contribution in [2.75, 3.05) is 0 Å². The summed E-state index contributed by atoms with van der Waals surface area (Å²) in [6.45, 7) is 9.66. The Labute approximate surface area is 217 Å². The molecule has 0 N–H and O–H groups in total. The molecule has 0 fully saturated rings. The molecule has 0 amide bonds. The molecule has 0 atom stereocenters. The standard InChI is InChI=1S/C35H28N2/c1-34(2)24-16-8-5-13-21(24)28-29-23-15-7-10-18-26(23)37(27-19-11-12-20-36-27)33(29)30-22-14-6-9-17-25(22)35(3,4)32(30)31(28)34/h5-20H,1-4H3. The van der Waals surface area contributed by atoms with Crippen molar-refractivity contribution in [3.05, 3.63) is 119 Å². The summed E-state index contributed by atoms with van der Waals surface area (Å²) < 4.78 is 2.41. The first-order valence-electron chi connectivity index (χ1n) is 13.2. The molecule has 2 heteroatoms. The van der Waals surface area contributed by atoms with Crippen LogP contribution in [0, 0.1) is 0 Å². The number of hydrogen-bond donors (Lipinski definition) is 0. The highest BCUT2D eigenvalue weighted by Crippen LogP contribution is 2.63. The number of rotatable bonds is 1. The number of fused-ring (bicyclic) bond motifs is 12. The molecule has 2 aromatic heterocycles. The SMILES string of the molecule is CC1(C)c2ccccc2-c2c1c1c(c3c2c2ccccc2n3-c2ccccn2)-c2ccccc2C1(C)C. The molecule has 0 saturated heterocycles. The normalized spacial score (nSPS) is 16.0. The summed E-state index contributed by atoms with van der Waals surface area (Å²) >= 11 is 0. The molecule has 2 aliphatic rings. The largest absolute Gasteiger partial charge is 0.293 e. The third-order valence-electron chi connectivity index (χ3n) is 8.98. The Kier molecular flexibility index (Phi) is 3.84. The molecule has 2 aliphatic carbocycles. The van der Waals surface area contributed by atoms with Gasteiger partial charge in [-0.15, -0.1) is 0 Å². The molecular formula is C35H28N2. The van der Waals surface area contributed by atoms with Gasteiger partial charge in [0.2, 0.25) is 0 Å². The first-order valence-corrected chi connectivity index (χ1v) is 13.2. The predicted molar refractivity (Wildman–Crippen MR) is 154 cm³/mol. The van der Waals surface area contributed by atoms with Gasteiger partial charge in [0.05, 0.1) is 11.0 Å².